The van der Waals surface area contributed by atoms with Gasteiger partial charge in [-0.3, -0.25) is 9.59 Å². The number of aromatic nitrogens is 3. The highest BCUT2D eigenvalue weighted by Gasteiger charge is 2.23. The van der Waals surface area contributed by atoms with Crippen LogP contribution in [0.3, 0.4) is 0 Å². The van der Waals surface area contributed by atoms with Crippen LogP contribution >= 0.6 is 22.9 Å². The smallest absolute Gasteiger partial charge is 0.274 e. The van der Waals surface area contributed by atoms with Crippen molar-refractivity contribution in [2.24, 2.45) is 0 Å². The van der Waals surface area contributed by atoms with Gasteiger partial charge in [-0.15, -0.1) is 0 Å². The number of amides is 2. The van der Waals surface area contributed by atoms with Crippen molar-refractivity contribution in [3.63, 3.8) is 0 Å². The van der Waals surface area contributed by atoms with Crippen molar-refractivity contribution >= 4 is 40.4 Å². The zero-order valence-electron chi connectivity index (χ0n) is 19.9. The quantitative estimate of drug-likeness (QED) is 0.351. The van der Waals surface area contributed by atoms with E-state index in [0.29, 0.717) is 39.8 Å². The van der Waals surface area contributed by atoms with Crippen molar-refractivity contribution in [2.75, 3.05) is 5.32 Å². The first-order chi connectivity index (χ1) is 17.3. The standard InChI is InChI=1S/C26H23ClN6O2S/c1-15(2)30-25(34)20-11-18(13-28)9-16(3)23(20)31-26(35)22-12-19(10-17-6-8-36-14-17)32-33(22)24-21(27)5-4-7-29-24/h4-9,11-12,14-15H,10H2,1-3H3,(H,30,34)(H,31,35). The Morgan fingerprint density at radius 1 is 1.22 bits per heavy atom. The van der Waals surface area contributed by atoms with E-state index in [1.54, 1.807) is 48.7 Å². The Bertz CT molecular complexity index is 1470. The molecule has 4 rings (SSSR count). The summed E-state index contributed by atoms with van der Waals surface area (Å²) in [5.74, 6) is -0.567. The van der Waals surface area contributed by atoms with E-state index < -0.39 is 5.91 Å². The van der Waals surface area contributed by atoms with E-state index in [1.165, 1.54) is 10.7 Å². The number of benzene rings is 1. The molecule has 0 aliphatic heterocycles. The summed E-state index contributed by atoms with van der Waals surface area (Å²) in [6.45, 7) is 5.40. The minimum atomic E-state index is -0.493. The van der Waals surface area contributed by atoms with Crippen LogP contribution in [0.2, 0.25) is 5.02 Å². The van der Waals surface area contributed by atoms with Gasteiger partial charge in [-0.1, -0.05) is 11.6 Å². The SMILES string of the molecule is Cc1cc(C#N)cc(C(=O)NC(C)C)c1NC(=O)c1cc(Cc2ccsc2)nn1-c1ncccc1Cl. The molecule has 0 fully saturated rings. The molecule has 36 heavy (non-hydrogen) atoms. The summed E-state index contributed by atoms with van der Waals surface area (Å²) in [7, 11) is 0. The molecule has 0 radical (unpaired) electrons. The number of anilines is 1. The fourth-order valence-electron chi connectivity index (χ4n) is 3.69. The first-order valence-corrected chi connectivity index (χ1v) is 12.5. The lowest BCUT2D eigenvalue weighted by atomic mass is 10.0. The Kier molecular flexibility index (Phi) is 7.48. The number of hydrogen-bond donors (Lipinski definition) is 2. The van der Waals surface area contributed by atoms with Gasteiger partial charge in [0.2, 0.25) is 0 Å². The molecule has 2 amide bonds. The number of rotatable bonds is 7. The van der Waals surface area contributed by atoms with Gasteiger partial charge in [-0.05, 0) is 79.1 Å². The number of aryl methyl sites for hydroxylation is 1. The van der Waals surface area contributed by atoms with Gasteiger partial charge in [0.1, 0.15) is 5.69 Å². The van der Waals surface area contributed by atoms with Gasteiger partial charge in [0, 0.05) is 18.7 Å². The molecule has 182 valence electrons. The summed E-state index contributed by atoms with van der Waals surface area (Å²) < 4.78 is 1.41. The molecule has 0 aliphatic carbocycles. The van der Waals surface area contributed by atoms with Crippen molar-refractivity contribution in [1.82, 2.24) is 20.1 Å². The number of halogens is 1. The maximum Gasteiger partial charge on any atom is 0.274 e. The maximum atomic E-state index is 13.6. The van der Waals surface area contributed by atoms with Crippen molar-refractivity contribution < 1.29 is 9.59 Å². The van der Waals surface area contributed by atoms with Crippen molar-refractivity contribution in [3.05, 3.63) is 92.0 Å². The number of thiophene rings is 1. The molecule has 0 spiro atoms. The maximum absolute atomic E-state index is 13.6. The third kappa shape index (κ3) is 5.46. The van der Waals surface area contributed by atoms with E-state index in [-0.39, 0.29) is 23.2 Å². The highest BCUT2D eigenvalue weighted by molar-refractivity contribution is 7.07. The number of nitriles is 1. The van der Waals surface area contributed by atoms with Crippen LogP contribution in [-0.2, 0) is 6.42 Å². The van der Waals surface area contributed by atoms with Gasteiger partial charge in [0.05, 0.1) is 33.6 Å². The van der Waals surface area contributed by atoms with Crippen LogP contribution in [0, 0.1) is 18.3 Å². The molecule has 10 heteroatoms. The summed E-state index contributed by atoms with van der Waals surface area (Å²) in [6, 6.07) is 12.1. The second-order valence-corrected chi connectivity index (χ2v) is 9.65. The fraction of sp³-hybridized carbons (Fsp3) is 0.192. The summed E-state index contributed by atoms with van der Waals surface area (Å²) in [5, 5.41) is 24.0. The second-order valence-electron chi connectivity index (χ2n) is 8.46. The topological polar surface area (TPSA) is 113 Å². The average molecular weight is 519 g/mol. The third-order valence-electron chi connectivity index (χ3n) is 5.27. The molecule has 0 unspecified atom stereocenters. The van der Waals surface area contributed by atoms with Gasteiger partial charge in [-0.2, -0.15) is 21.7 Å². The summed E-state index contributed by atoms with van der Waals surface area (Å²) in [5.41, 5.74) is 3.36. The molecule has 1 aromatic carbocycles. The first kappa shape index (κ1) is 25.1. The molecule has 8 nitrogen and oxygen atoms in total. The van der Waals surface area contributed by atoms with Crippen LogP contribution in [0.15, 0.2) is 53.4 Å². The molecule has 2 N–H and O–H groups in total. The normalized spacial score (nSPS) is 10.8. The Hall–Kier alpha value is -4.00. The van der Waals surface area contributed by atoms with Crippen LogP contribution < -0.4 is 10.6 Å². The molecular formula is C26H23ClN6O2S. The molecular weight excluding hydrogens is 496 g/mol. The van der Waals surface area contributed by atoms with E-state index in [1.807, 2.05) is 30.7 Å². The van der Waals surface area contributed by atoms with Gasteiger partial charge in [0.15, 0.2) is 5.82 Å². The van der Waals surface area contributed by atoms with E-state index in [9.17, 15) is 14.9 Å². The number of nitrogens with zero attached hydrogens (tertiary/aromatic N) is 4. The largest absolute Gasteiger partial charge is 0.350 e. The Morgan fingerprint density at radius 2 is 2.03 bits per heavy atom. The monoisotopic (exact) mass is 518 g/mol. The van der Waals surface area contributed by atoms with Crippen LogP contribution in [0.4, 0.5) is 5.69 Å². The molecule has 3 heterocycles. The van der Waals surface area contributed by atoms with Gasteiger partial charge >= 0.3 is 0 Å². The lowest BCUT2D eigenvalue weighted by Gasteiger charge is -2.16. The third-order valence-corrected chi connectivity index (χ3v) is 6.29. The van der Waals surface area contributed by atoms with Crippen molar-refractivity contribution in [3.8, 4) is 11.9 Å². The summed E-state index contributed by atoms with van der Waals surface area (Å²) in [6.07, 6.45) is 2.10. The summed E-state index contributed by atoms with van der Waals surface area (Å²) in [4.78, 5) is 30.8. The zero-order valence-corrected chi connectivity index (χ0v) is 21.4. The number of pyridine rings is 1. The number of hydrogen-bond acceptors (Lipinski definition) is 6. The van der Waals surface area contributed by atoms with E-state index in [4.69, 9.17) is 11.6 Å². The highest BCUT2D eigenvalue weighted by atomic mass is 35.5. The number of carbonyl (C=O) groups excluding carboxylic acids is 2. The van der Waals surface area contributed by atoms with Crippen molar-refractivity contribution in [1.29, 1.82) is 5.26 Å². The van der Waals surface area contributed by atoms with Gasteiger partial charge in [0.25, 0.3) is 11.8 Å². The van der Waals surface area contributed by atoms with Crippen LogP contribution in [0.1, 0.15) is 57.1 Å². The second kappa shape index (κ2) is 10.7. The fourth-order valence-corrected chi connectivity index (χ4v) is 4.56. The Labute approximate surface area is 217 Å². The molecule has 0 saturated heterocycles. The van der Waals surface area contributed by atoms with Crippen molar-refractivity contribution in [2.45, 2.75) is 33.2 Å². The lowest BCUT2D eigenvalue weighted by Crippen LogP contribution is -2.31. The number of carbonyl (C=O) groups is 2. The minimum absolute atomic E-state index is 0.125. The average Bonchev–Trinajstić information content (AvgIpc) is 3.50. The molecule has 0 atom stereocenters. The predicted octanol–water partition coefficient (Wildman–Crippen LogP) is 5.14. The Balaban J connectivity index is 1.77. The van der Waals surface area contributed by atoms with E-state index in [0.717, 1.165) is 5.56 Å². The van der Waals surface area contributed by atoms with Gasteiger partial charge in [-0.25, -0.2) is 9.67 Å². The molecule has 4 aromatic rings. The molecule has 0 bridgehead atoms. The van der Waals surface area contributed by atoms with Crippen LogP contribution in [-0.4, -0.2) is 32.6 Å². The first-order valence-electron chi connectivity index (χ1n) is 11.1. The highest BCUT2D eigenvalue weighted by Crippen LogP contribution is 2.26. The van der Waals surface area contributed by atoms with E-state index >= 15 is 0 Å². The lowest BCUT2D eigenvalue weighted by molar-refractivity contribution is 0.0944. The number of nitrogens with one attached hydrogen (secondary N) is 2. The summed E-state index contributed by atoms with van der Waals surface area (Å²) >= 11 is 7.97. The molecule has 3 aromatic heterocycles. The predicted molar refractivity (Wildman–Crippen MR) is 140 cm³/mol. The molecule has 0 saturated carbocycles. The molecule has 0 aliphatic rings. The van der Waals surface area contributed by atoms with Gasteiger partial charge < -0.3 is 10.6 Å². The zero-order chi connectivity index (χ0) is 25.8. The van der Waals surface area contributed by atoms with Crippen LogP contribution in [0.5, 0.6) is 0 Å². The minimum Gasteiger partial charge on any atom is -0.350 e. The van der Waals surface area contributed by atoms with Crippen LogP contribution in [0.25, 0.3) is 5.82 Å². The Morgan fingerprint density at radius 3 is 2.69 bits per heavy atom. The van der Waals surface area contributed by atoms with E-state index in [2.05, 4.69) is 26.8 Å².